The van der Waals surface area contributed by atoms with Gasteiger partial charge >= 0.3 is 0 Å². The molecule has 0 amide bonds. The first-order valence-electron chi connectivity index (χ1n) is 9.26. The number of hydrogen-bond donors (Lipinski definition) is 1. The molecule has 0 radical (unpaired) electrons. The fourth-order valence-electron chi connectivity index (χ4n) is 4.29. The molecule has 2 atom stereocenters. The van der Waals surface area contributed by atoms with Crippen LogP contribution in [0, 0.1) is 20.8 Å². The number of rotatable bonds is 2. The first-order valence-corrected chi connectivity index (χ1v) is 10.1. The van der Waals surface area contributed by atoms with Crippen LogP contribution in [0.25, 0.3) is 5.70 Å². The van der Waals surface area contributed by atoms with E-state index in [1.54, 1.807) is 11.3 Å². The van der Waals surface area contributed by atoms with Gasteiger partial charge in [-0.25, -0.2) is 0 Å². The van der Waals surface area contributed by atoms with Gasteiger partial charge in [0, 0.05) is 11.1 Å². The first-order chi connectivity index (χ1) is 13.1. The molecule has 0 bridgehead atoms. The Morgan fingerprint density at radius 2 is 1.78 bits per heavy atom. The molecular weight excluding hydrogens is 352 g/mol. The van der Waals surface area contributed by atoms with Gasteiger partial charge < -0.3 is 10.2 Å². The van der Waals surface area contributed by atoms with Crippen LogP contribution in [-0.2, 0) is 0 Å². The minimum Gasteiger partial charge on any atom is -0.469 e. The number of ether oxygens (including phenoxy) is 1. The summed E-state index contributed by atoms with van der Waals surface area (Å²) in [6.07, 6.45) is 2.15. The molecular formula is C23H22N2OS. The average molecular weight is 375 g/mol. The lowest BCUT2D eigenvalue weighted by Gasteiger charge is -2.40. The molecule has 0 spiro atoms. The Morgan fingerprint density at radius 3 is 2.52 bits per heavy atom. The monoisotopic (exact) mass is 374 g/mol. The second kappa shape index (κ2) is 6.25. The summed E-state index contributed by atoms with van der Waals surface area (Å²) < 4.78 is 6.53. The lowest BCUT2D eigenvalue weighted by molar-refractivity contribution is -0.0333. The molecule has 0 saturated heterocycles. The topological polar surface area (TPSA) is 24.5 Å². The Balaban J connectivity index is 1.64. The standard InChI is InChI=1S/C23H22N2OS/c1-14-11-15(2)22(16(3)12-14)23-25-19(17-7-4-5-8-20(17)26-23)13-18(24-25)21-9-6-10-27-21/h4-13,19,23-24H,1-3H3. The summed E-state index contributed by atoms with van der Waals surface area (Å²) in [5.41, 5.74) is 11.1. The summed E-state index contributed by atoms with van der Waals surface area (Å²) in [5, 5.41) is 4.37. The molecule has 2 aromatic carbocycles. The predicted octanol–water partition coefficient (Wildman–Crippen LogP) is 5.67. The van der Waals surface area contributed by atoms with E-state index in [2.05, 4.69) is 85.1 Å². The van der Waals surface area contributed by atoms with E-state index >= 15 is 0 Å². The van der Waals surface area contributed by atoms with Crippen molar-refractivity contribution in [3.8, 4) is 5.75 Å². The SMILES string of the molecule is Cc1cc(C)c(C2Oc3ccccc3C3C=C(c4cccs4)NN32)c(C)c1. The van der Waals surface area contributed by atoms with Gasteiger partial charge in [0.15, 0.2) is 6.23 Å². The van der Waals surface area contributed by atoms with Crippen LogP contribution in [-0.4, -0.2) is 5.01 Å². The van der Waals surface area contributed by atoms with Crippen molar-refractivity contribution in [2.75, 3.05) is 0 Å². The van der Waals surface area contributed by atoms with Gasteiger partial charge in [-0.1, -0.05) is 42.0 Å². The molecule has 0 fully saturated rings. The Kier molecular flexibility index (Phi) is 3.85. The summed E-state index contributed by atoms with van der Waals surface area (Å²) in [7, 11) is 0. The number of nitrogens with zero attached hydrogens (tertiary/aromatic N) is 1. The molecule has 0 aliphatic carbocycles. The third kappa shape index (κ3) is 2.68. The van der Waals surface area contributed by atoms with Crippen LogP contribution in [0.5, 0.6) is 5.75 Å². The summed E-state index contributed by atoms with van der Waals surface area (Å²) in [6.45, 7) is 6.50. The van der Waals surface area contributed by atoms with E-state index < -0.39 is 0 Å². The van der Waals surface area contributed by atoms with Crippen LogP contribution in [0.1, 0.15) is 45.0 Å². The maximum absolute atomic E-state index is 6.53. The highest BCUT2D eigenvalue weighted by Crippen LogP contribution is 2.47. The smallest absolute Gasteiger partial charge is 0.196 e. The van der Waals surface area contributed by atoms with Crippen molar-refractivity contribution in [3.05, 3.63) is 92.7 Å². The summed E-state index contributed by atoms with van der Waals surface area (Å²) in [6, 6.07) is 17.3. The maximum atomic E-state index is 6.53. The lowest BCUT2D eigenvalue weighted by Crippen LogP contribution is -2.43. The molecule has 2 aliphatic rings. The van der Waals surface area contributed by atoms with E-state index in [-0.39, 0.29) is 12.3 Å². The van der Waals surface area contributed by atoms with Gasteiger partial charge in [0.25, 0.3) is 0 Å². The number of benzene rings is 2. The van der Waals surface area contributed by atoms with Crippen molar-refractivity contribution in [3.63, 3.8) is 0 Å². The predicted molar refractivity (Wildman–Crippen MR) is 110 cm³/mol. The van der Waals surface area contributed by atoms with Crippen molar-refractivity contribution in [1.29, 1.82) is 0 Å². The van der Waals surface area contributed by atoms with Gasteiger partial charge in [0.2, 0.25) is 0 Å². The molecule has 2 aliphatic heterocycles. The van der Waals surface area contributed by atoms with E-state index in [1.165, 1.54) is 32.7 Å². The van der Waals surface area contributed by atoms with Crippen LogP contribution < -0.4 is 10.2 Å². The lowest BCUT2D eigenvalue weighted by atomic mass is 9.95. The highest BCUT2D eigenvalue weighted by molar-refractivity contribution is 7.11. The first kappa shape index (κ1) is 16.6. The number of nitrogens with one attached hydrogen (secondary N) is 1. The minimum atomic E-state index is -0.167. The summed E-state index contributed by atoms with van der Waals surface area (Å²) in [5.74, 6) is 0.966. The van der Waals surface area contributed by atoms with E-state index in [9.17, 15) is 0 Å². The van der Waals surface area contributed by atoms with Gasteiger partial charge in [-0.15, -0.1) is 11.3 Å². The largest absolute Gasteiger partial charge is 0.469 e. The van der Waals surface area contributed by atoms with E-state index in [1.807, 2.05) is 6.07 Å². The number of aryl methyl sites for hydroxylation is 3. The Bertz CT molecular complexity index is 1020. The van der Waals surface area contributed by atoms with E-state index in [0.29, 0.717) is 0 Å². The molecule has 5 rings (SSSR count). The number of hydrogen-bond acceptors (Lipinski definition) is 4. The molecule has 27 heavy (non-hydrogen) atoms. The van der Waals surface area contributed by atoms with E-state index in [4.69, 9.17) is 4.74 Å². The Morgan fingerprint density at radius 1 is 1.00 bits per heavy atom. The highest BCUT2D eigenvalue weighted by Gasteiger charge is 2.41. The van der Waals surface area contributed by atoms with Crippen molar-refractivity contribution in [2.45, 2.75) is 33.0 Å². The molecule has 4 heteroatoms. The zero-order valence-corrected chi connectivity index (χ0v) is 16.5. The third-order valence-electron chi connectivity index (χ3n) is 5.37. The number of fused-ring (bicyclic) bond motifs is 3. The highest BCUT2D eigenvalue weighted by atomic mass is 32.1. The Hall–Kier alpha value is -2.56. The van der Waals surface area contributed by atoms with Crippen molar-refractivity contribution in [2.24, 2.45) is 0 Å². The fraction of sp³-hybridized carbons (Fsp3) is 0.217. The van der Waals surface area contributed by atoms with Crippen LogP contribution in [0.4, 0.5) is 0 Å². The average Bonchev–Trinajstić information content (AvgIpc) is 3.30. The van der Waals surface area contributed by atoms with Crippen LogP contribution in [0.3, 0.4) is 0 Å². The van der Waals surface area contributed by atoms with Gasteiger partial charge in [-0.2, -0.15) is 5.01 Å². The van der Waals surface area contributed by atoms with Crippen LogP contribution in [0.15, 0.2) is 60.0 Å². The number of para-hydroxylation sites is 1. The second-order valence-corrected chi connectivity index (χ2v) is 8.29. The minimum absolute atomic E-state index is 0.150. The molecule has 3 nitrogen and oxygen atoms in total. The fourth-order valence-corrected chi connectivity index (χ4v) is 4.99. The summed E-state index contributed by atoms with van der Waals surface area (Å²) in [4.78, 5) is 1.25. The van der Waals surface area contributed by atoms with Crippen LogP contribution >= 0.6 is 11.3 Å². The quantitative estimate of drug-likeness (QED) is 0.626. The van der Waals surface area contributed by atoms with Crippen molar-refractivity contribution < 1.29 is 4.74 Å². The molecule has 3 heterocycles. The van der Waals surface area contributed by atoms with Gasteiger partial charge in [0.1, 0.15) is 5.75 Å². The molecule has 1 aromatic heterocycles. The third-order valence-corrected chi connectivity index (χ3v) is 6.28. The zero-order chi connectivity index (χ0) is 18.5. The Labute approximate surface area is 163 Å². The molecule has 1 N–H and O–H groups in total. The normalized spacial score (nSPS) is 21.1. The van der Waals surface area contributed by atoms with Gasteiger partial charge in [-0.05, 0) is 55.5 Å². The molecule has 0 saturated carbocycles. The van der Waals surface area contributed by atoms with Gasteiger partial charge in [-0.3, -0.25) is 0 Å². The van der Waals surface area contributed by atoms with Crippen LogP contribution in [0.2, 0.25) is 0 Å². The zero-order valence-electron chi connectivity index (χ0n) is 15.7. The van der Waals surface area contributed by atoms with Gasteiger partial charge in [0.05, 0.1) is 16.6 Å². The molecule has 3 aromatic rings. The second-order valence-electron chi connectivity index (χ2n) is 7.34. The number of hydrazine groups is 1. The maximum Gasteiger partial charge on any atom is 0.196 e. The summed E-state index contributed by atoms with van der Waals surface area (Å²) >= 11 is 1.75. The molecule has 136 valence electrons. The van der Waals surface area contributed by atoms with Crippen molar-refractivity contribution in [1.82, 2.24) is 10.4 Å². The number of thiophene rings is 1. The molecule has 2 unspecified atom stereocenters. The van der Waals surface area contributed by atoms with E-state index in [0.717, 1.165) is 11.4 Å². The van der Waals surface area contributed by atoms with Crippen molar-refractivity contribution >= 4 is 17.0 Å².